The minimum absolute atomic E-state index is 0.189. The van der Waals surface area contributed by atoms with Gasteiger partial charge in [-0.3, -0.25) is 0 Å². The summed E-state index contributed by atoms with van der Waals surface area (Å²) >= 11 is 0. The van der Waals surface area contributed by atoms with E-state index in [1.807, 2.05) is 0 Å². The zero-order valence-corrected chi connectivity index (χ0v) is 9.24. The van der Waals surface area contributed by atoms with Crippen LogP contribution in [0.25, 0.3) is 0 Å². The Labute approximate surface area is 92.2 Å². The zero-order valence-electron chi connectivity index (χ0n) is 8.42. The van der Waals surface area contributed by atoms with Gasteiger partial charge in [0.15, 0.2) is 15.5 Å². The summed E-state index contributed by atoms with van der Waals surface area (Å²) in [6.45, 7) is 0. The van der Waals surface area contributed by atoms with Crippen molar-refractivity contribution in [2.45, 2.75) is 24.5 Å². The number of rotatable bonds is 3. The first-order valence-electron chi connectivity index (χ1n) is 4.89. The van der Waals surface area contributed by atoms with Gasteiger partial charge in [-0.2, -0.15) is 0 Å². The minimum Gasteiger partial charge on any atom is -0.476 e. The van der Waals surface area contributed by atoms with E-state index in [-0.39, 0.29) is 17.9 Å². The van der Waals surface area contributed by atoms with Gasteiger partial charge in [0.25, 0.3) is 0 Å². The van der Waals surface area contributed by atoms with Crippen LogP contribution in [-0.2, 0) is 16.3 Å². The van der Waals surface area contributed by atoms with Crippen molar-refractivity contribution in [3.63, 3.8) is 0 Å². The summed E-state index contributed by atoms with van der Waals surface area (Å²) in [5.41, 5.74) is -0.189. The predicted octanol–water partition coefficient (Wildman–Crippen LogP) is 0.493. The summed E-state index contributed by atoms with van der Waals surface area (Å²) < 4.78 is 27.8. The van der Waals surface area contributed by atoms with E-state index in [9.17, 15) is 13.2 Å². The zero-order chi connectivity index (χ0) is 11.8. The van der Waals surface area contributed by atoms with Crippen LogP contribution >= 0.6 is 0 Å². The topological polar surface area (TPSA) is 97.5 Å². The molecule has 1 aliphatic heterocycles. The van der Waals surface area contributed by atoms with Gasteiger partial charge in [-0.05, 0) is 12.8 Å². The first kappa shape index (κ1) is 11.1. The Morgan fingerprint density at radius 2 is 2.38 bits per heavy atom. The molecule has 2 rings (SSSR count). The highest BCUT2D eigenvalue weighted by Crippen LogP contribution is 2.23. The van der Waals surface area contributed by atoms with Gasteiger partial charge in [-0.1, -0.05) is 5.16 Å². The van der Waals surface area contributed by atoms with E-state index < -0.39 is 21.1 Å². The minimum atomic E-state index is -3.03. The normalized spacial score (nSPS) is 23.4. The Bertz CT molecular complexity index is 504. The monoisotopic (exact) mass is 245 g/mol. The molecule has 1 aromatic heterocycles. The molecule has 1 aromatic rings. The number of sulfone groups is 1. The molecule has 0 aromatic carbocycles. The van der Waals surface area contributed by atoms with Gasteiger partial charge < -0.3 is 9.63 Å². The Morgan fingerprint density at radius 3 is 2.88 bits per heavy atom. The van der Waals surface area contributed by atoms with Crippen molar-refractivity contribution >= 4 is 15.8 Å². The molecule has 0 amide bonds. The van der Waals surface area contributed by atoms with E-state index in [0.29, 0.717) is 18.6 Å². The van der Waals surface area contributed by atoms with Crippen molar-refractivity contribution in [1.29, 1.82) is 0 Å². The molecule has 7 heteroatoms. The molecule has 1 unspecified atom stereocenters. The smallest absolute Gasteiger partial charge is 0.358 e. The standard InChI is InChI=1S/C9H11NO5S/c11-9(12)8-5-6(15-10-8)4-7-2-1-3-16(7,13)14/h5,7H,1-4H2,(H,11,12). The van der Waals surface area contributed by atoms with Crippen molar-refractivity contribution in [1.82, 2.24) is 5.16 Å². The number of aromatic nitrogens is 1. The fourth-order valence-electron chi connectivity index (χ4n) is 1.82. The lowest BCUT2D eigenvalue weighted by Gasteiger charge is -2.04. The maximum atomic E-state index is 11.5. The first-order chi connectivity index (χ1) is 7.49. The summed E-state index contributed by atoms with van der Waals surface area (Å²) in [7, 11) is -3.03. The Balaban J connectivity index is 2.12. The Morgan fingerprint density at radius 1 is 1.62 bits per heavy atom. The molecule has 0 saturated carbocycles. The van der Waals surface area contributed by atoms with Crippen LogP contribution in [0.3, 0.4) is 0 Å². The molecule has 1 N–H and O–H groups in total. The maximum Gasteiger partial charge on any atom is 0.358 e. The molecule has 2 heterocycles. The van der Waals surface area contributed by atoms with Crippen LogP contribution in [0.2, 0.25) is 0 Å². The van der Waals surface area contributed by atoms with E-state index in [1.54, 1.807) is 0 Å². The third-order valence-electron chi connectivity index (χ3n) is 2.67. The van der Waals surface area contributed by atoms with Crippen molar-refractivity contribution in [2.75, 3.05) is 5.75 Å². The van der Waals surface area contributed by atoms with Gasteiger partial charge in [0.1, 0.15) is 5.76 Å². The van der Waals surface area contributed by atoms with E-state index in [4.69, 9.17) is 9.63 Å². The van der Waals surface area contributed by atoms with Crippen LogP contribution in [-0.4, -0.2) is 35.7 Å². The summed E-state index contributed by atoms with van der Waals surface area (Å²) in [5, 5.41) is 11.5. The molecule has 6 nitrogen and oxygen atoms in total. The molecule has 1 atom stereocenters. The highest BCUT2D eigenvalue weighted by atomic mass is 32.2. The third-order valence-corrected chi connectivity index (χ3v) is 4.95. The number of aromatic carboxylic acids is 1. The molecular weight excluding hydrogens is 234 g/mol. The lowest BCUT2D eigenvalue weighted by Crippen LogP contribution is -2.18. The predicted molar refractivity (Wildman–Crippen MR) is 54.0 cm³/mol. The lowest BCUT2D eigenvalue weighted by molar-refractivity contribution is 0.0685. The second-order valence-electron chi connectivity index (χ2n) is 3.82. The number of hydrogen-bond donors (Lipinski definition) is 1. The molecule has 1 aliphatic rings. The number of carboxylic acid groups (broad SMARTS) is 1. The van der Waals surface area contributed by atoms with E-state index in [0.717, 1.165) is 0 Å². The average molecular weight is 245 g/mol. The first-order valence-corrected chi connectivity index (χ1v) is 6.61. The molecule has 0 aliphatic carbocycles. The molecule has 88 valence electrons. The fraction of sp³-hybridized carbons (Fsp3) is 0.556. The summed E-state index contributed by atoms with van der Waals surface area (Å²) in [6, 6.07) is 1.27. The van der Waals surface area contributed by atoms with E-state index in [1.165, 1.54) is 6.07 Å². The molecule has 16 heavy (non-hydrogen) atoms. The maximum absolute atomic E-state index is 11.5. The van der Waals surface area contributed by atoms with Gasteiger partial charge in [0.2, 0.25) is 0 Å². The van der Waals surface area contributed by atoms with Crippen LogP contribution < -0.4 is 0 Å². The van der Waals surface area contributed by atoms with Crippen LogP contribution in [0.4, 0.5) is 0 Å². The molecule has 0 bridgehead atoms. The van der Waals surface area contributed by atoms with Crippen LogP contribution in [0.5, 0.6) is 0 Å². The van der Waals surface area contributed by atoms with Gasteiger partial charge in [0, 0.05) is 12.5 Å². The van der Waals surface area contributed by atoms with Crippen molar-refractivity contribution in [3.05, 3.63) is 17.5 Å². The van der Waals surface area contributed by atoms with Gasteiger partial charge in [-0.25, -0.2) is 13.2 Å². The average Bonchev–Trinajstić information content (AvgIpc) is 2.75. The number of carboxylic acids is 1. The second-order valence-corrected chi connectivity index (χ2v) is 6.22. The van der Waals surface area contributed by atoms with Crippen molar-refractivity contribution in [2.24, 2.45) is 0 Å². The molecule has 0 radical (unpaired) electrons. The number of nitrogens with zero attached hydrogens (tertiary/aromatic N) is 1. The van der Waals surface area contributed by atoms with Crippen LogP contribution in [0, 0.1) is 0 Å². The van der Waals surface area contributed by atoms with Crippen LogP contribution in [0.1, 0.15) is 29.1 Å². The highest BCUT2D eigenvalue weighted by molar-refractivity contribution is 7.92. The fourth-order valence-corrected chi connectivity index (χ4v) is 3.67. The summed E-state index contributed by atoms with van der Waals surface area (Å²) in [4.78, 5) is 10.5. The number of hydrogen-bond acceptors (Lipinski definition) is 5. The Hall–Kier alpha value is -1.37. The van der Waals surface area contributed by atoms with Crippen molar-refractivity contribution < 1.29 is 22.8 Å². The lowest BCUT2D eigenvalue weighted by atomic mass is 10.1. The molecule has 1 fully saturated rings. The van der Waals surface area contributed by atoms with E-state index in [2.05, 4.69) is 5.16 Å². The molecular formula is C9H11NO5S. The van der Waals surface area contributed by atoms with Crippen LogP contribution in [0.15, 0.2) is 10.6 Å². The number of carbonyl (C=O) groups is 1. The van der Waals surface area contributed by atoms with E-state index >= 15 is 0 Å². The van der Waals surface area contributed by atoms with Gasteiger partial charge in [-0.15, -0.1) is 0 Å². The summed E-state index contributed by atoms with van der Waals surface area (Å²) in [5.74, 6) is -0.658. The SMILES string of the molecule is O=C(O)c1cc(CC2CCCS2(=O)=O)on1. The largest absolute Gasteiger partial charge is 0.476 e. The quantitative estimate of drug-likeness (QED) is 0.832. The highest BCUT2D eigenvalue weighted by Gasteiger charge is 2.32. The van der Waals surface area contributed by atoms with Gasteiger partial charge in [0.05, 0.1) is 11.0 Å². The molecule has 1 saturated heterocycles. The Kier molecular flexibility index (Phi) is 2.71. The van der Waals surface area contributed by atoms with Crippen molar-refractivity contribution in [3.8, 4) is 0 Å². The third kappa shape index (κ3) is 2.08. The molecule has 0 spiro atoms. The summed E-state index contributed by atoms with van der Waals surface area (Å²) in [6.07, 6.45) is 1.47. The second kappa shape index (κ2) is 3.89. The van der Waals surface area contributed by atoms with Gasteiger partial charge >= 0.3 is 5.97 Å².